The molecule has 0 radical (unpaired) electrons. The van der Waals surface area contributed by atoms with Gasteiger partial charge in [-0.05, 0) is 39.0 Å². The molecule has 0 heterocycles. The molecular weight excluding hydrogens is 260 g/mol. The van der Waals surface area contributed by atoms with Crippen LogP contribution in [-0.4, -0.2) is 11.1 Å². The summed E-state index contributed by atoms with van der Waals surface area (Å²) in [4.78, 5) is 10.4. The van der Waals surface area contributed by atoms with Gasteiger partial charge in [-0.1, -0.05) is 69.9 Å². The molecule has 21 heavy (non-hydrogen) atoms. The Morgan fingerprint density at radius 2 is 1.33 bits per heavy atom. The quantitative estimate of drug-likeness (QED) is 0.277. The van der Waals surface area contributed by atoms with Gasteiger partial charge in [-0.25, -0.2) is 0 Å². The molecule has 0 spiro atoms. The highest BCUT2D eigenvalue weighted by molar-refractivity contribution is 5.66. The molecule has 2 nitrogen and oxygen atoms in total. The highest BCUT2D eigenvalue weighted by Gasteiger charge is 1.96. The van der Waals surface area contributed by atoms with E-state index >= 15 is 0 Å². The maximum Gasteiger partial charge on any atom is 0.303 e. The molecule has 0 amide bonds. The minimum atomic E-state index is -0.676. The van der Waals surface area contributed by atoms with E-state index in [2.05, 4.69) is 19.9 Å². The molecule has 0 saturated heterocycles. The zero-order valence-corrected chi connectivity index (χ0v) is 14.3. The van der Waals surface area contributed by atoms with Gasteiger partial charge in [-0.2, -0.15) is 0 Å². The van der Waals surface area contributed by atoms with Crippen LogP contribution in [0, 0.1) is 0 Å². The molecule has 2 heteroatoms. The van der Waals surface area contributed by atoms with E-state index in [4.69, 9.17) is 5.11 Å². The van der Waals surface area contributed by atoms with Gasteiger partial charge in [-0.15, -0.1) is 0 Å². The van der Waals surface area contributed by atoms with Crippen LogP contribution in [0.4, 0.5) is 0 Å². The zero-order chi connectivity index (χ0) is 15.8. The second kappa shape index (κ2) is 15.6. The summed E-state index contributed by atoms with van der Waals surface area (Å²) in [6.45, 7) is 4.48. The Bertz CT molecular complexity index is 269. The lowest BCUT2D eigenvalue weighted by Gasteiger charge is -2.03. The minimum absolute atomic E-state index is 0.311. The van der Waals surface area contributed by atoms with Gasteiger partial charge in [0.2, 0.25) is 0 Å². The summed E-state index contributed by atoms with van der Waals surface area (Å²) in [6, 6.07) is 0. The highest BCUT2D eigenvalue weighted by atomic mass is 16.4. The van der Waals surface area contributed by atoms with E-state index in [1.54, 1.807) is 0 Å². The summed E-state index contributed by atoms with van der Waals surface area (Å²) in [7, 11) is 0. The lowest BCUT2D eigenvalue weighted by atomic mass is 10.0. The Hall–Kier alpha value is -0.790. The largest absolute Gasteiger partial charge is 0.481 e. The second-order valence-corrected chi connectivity index (χ2v) is 6.27. The summed E-state index contributed by atoms with van der Waals surface area (Å²) in [5, 5.41) is 8.55. The van der Waals surface area contributed by atoms with Crippen LogP contribution in [-0.2, 0) is 4.79 Å². The Kier molecular flexibility index (Phi) is 15.0. The van der Waals surface area contributed by atoms with Crippen molar-refractivity contribution < 1.29 is 9.90 Å². The van der Waals surface area contributed by atoms with Gasteiger partial charge < -0.3 is 5.11 Å². The van der Waals surface area contributed by atoms with Crippen molar-refractivity contribution in [2.75, 3.05) is 0 Å². The van der Waals surface area contributed by atoms with Crippen molar-refractivity contribution in [2.45, 2.75) is 104 Å². The summed E-state index contributed by atoms with van der Waals surface area (Å²) in [6.07, 6.45) is 19.1. The first-order valence-corrected chi connectivity index (χ1v) is 9.04. The molecule has 0 saturated carbocycles. The molecule has 0 fully saturated rings. The fraction of sp³-hybridized carbons (Fsp3) is 0.842. The summed E-state index contributed by atoms with van der Waals surface area (Å²) in [5.74, 6) is -0.676. The lowest BCUT2D eigenvalue weighted by Crippen LogP contribution is -1.93. The number of hydrogen-bond acceptors (Lipinski definition) is 1. The Morgan fingerprint density at radius 3 is 1.90 bits per heavy atom. The average Bonchev–Trinajstić information content (AvgIpc) is 2.45. The molecule has 0 unspecified atom stereocenters. The Morgan fingerprint density at radius 1 is 0.810 bits per heavy atom. The van der Waals surface area contributed by atoms with Crippen molar-refractivity contribution in [3.63, 3.8) is 0 Å². The number of hydrogen-bond donors (Lipinski definition) is 1. The summed E-state index contributed by atoms with van der Waals surface area (Å²) >= 11 is 0. The van der Waals surface area contributed by atoms with Crippen molar-refractivity contribution in [3.8, 4) is 0 Å². The van der Waals surface area contributed by atoms with Crippen LogP contribution < -0.4 is 0 Å². The maximum atomic E-state index is 10.4. The second-order valence-electron chi connectivity index (χ2n) is 6.27. The van der Waals surface area contributed by atoms with E-state index in [0.717, 1.165) is 19.3 Å². The third kappa shape index (κ3) is 17.2. The topological polar surface area (TPSA) is 37.3 Å². The average molecular weight is 296 g/mol. The van der Waals surface area contributed by atoms with Crippen LogP contribution in [0.15, 0.2) is 11.6 Å². The Balaban J connectivity index is 3.28. The van der Waals surface area contributed by atoms with Gasteiger partial charge in [0.25, 0.3) is 0 Å². The van der Waals surface area contributed by atoms with Crippen LogP contribution in [0.3, 0.4) is 0 Å². The standard InChI is InChI=1S/C19H36O2/c1-3-4-5-6-7-8-9-10-12-15-18(2)16-13-11-14-17-19(20)21/h16H,3-15,17H2,1-2H3,(H,20,21)/b18-16-. The van der Waals surface area contributed by atoms with Crippen LogP contribution in [0.5, 0.6) is 0 Å². The number of carboxylic acid groups (broad SMARTS) is 1. The zero-order valence-electron chi connectivity index (χ0n) is 14.3. The van der Waals surface area contributed by atoms with Crippen LogP contribution in [0.2, 0.25) is 0 Å². The van der Waals surface area contributed by atoms with Crippen molar-refractivity contribution in [2.24, 2.45) is 0 Å². The van der Waals surface area contributed by atoms with Crippen LogP contribution in [0.25, 0.3) is 0 Å². The molecule has 124 valence electrons. The SMILES string of the molecule is CCCCCCCCCCC/C(C)=C\CCCCC(=O)O. The number of carbonyl (C=O) groups is 1. The van der Waals surface area contributed by atoms with E-state index in [-0.39, 0.29) is 0 Å². The van der Waals surface area contributed by atoms with E-state index in [1.807, 2.05) is 0 Å². The number of rotatable bonds is 15. The number of aliphatic carboxylic acids is 1. The molecular formula is C19H36O2. The van der Waals surface area contributed by atoms with E-state index in [9.17, 15) is 4.79 Å². The third-order valence-electron chi connectivity index (χ3n) is 4.01. The molecule has 1 N–H and O–H groups in total. The molecule has 0 aromatic carbocycles. The molecule has 0 aliphatic heterocycles. The molecule has 0 aromatic rings. The van der Waals surface area contributed by atoms with Gasteiger partial charge >= 0.3 is 5.97 Å². The van der Waals surface area contributed by atoms with E-state index in [0.29, 0.717) is 6.42 Å². The summed E-state index contributed by atoms with van der Waals surface area (Å²) in [5.41, 5.74) is 1.48. The number of allylic oxidation sites excluding steroid dienone is 2. The minimum Gasteiger partial charge on any atom is -0.481 e. The fourth-order valence-electron chi connectivity index (χ4n) is 2.59. The van der Waals surface area contributed by atoms with E-state index < -0.39 is 5.97 Å². The molecule has 0 bridgehead atoms. The predicted molar refractivity (Wildman–Crippen MR) is 91.7 cm³/mol. The van der Waals surface area contributed by atoms with Gasteiger partial charge in [0.05, 0.1) is 0 Å². The lowest BCUT2D eigenvalue weighted by molar-refractivity contribution is -0.137. The van der Waals surface area contributed by atoms with Crippen molar-refractivity contribution in [1.82, 2.24) is 0 Å². The smallest absolute Gasteiger partial charge is 0.303 e. The molecule has 0 aliphatic rings. The maximum absolute atomic E-state index is 10.4. The van der Waals surface area contributed by atoms with Crippen LogP contribution in [0.1, 0.15) is 104 Å². The van der Waals surface area contributed by atoms with Crippen molar-refractivity contribution >= 4 is 5.97 Å². The Labute approximate surface area is 132 Å². The normalized spacial score (nSPS) is 11.8. The number of unbranched alkanes of at least 4 members (excludes halogenated alkanes) is 10. The summed E-state index contributed by atoms with van der Waals surface area (Å²) < 4.78 is 0. The third-order valence-corrected chi connectivity index (χ3v) is 4.01. The number of carboxylic acids is 1. The van der Waals surface area contributed by atoms with Gasteiger partial charge in [-0.3, -0.25) is 4.79 Å². The van der Waals surface area contributed by atoms with Crippen LogP contribution >= 0.6 is 0 Å². The van der Waals surface area contributed by atoms with Gasteiger partial charge in [0.1, 0.15) is 0 Å². The first-order chi connectivity index (χ1) is 10.2. The monoisotopic (exact) mass is 296 g/mol. The molecule has 0 atom stereocenters. The molecule has 0 aliphatic carbocycles. The van der Waals surface area contributed by atoms with Crippen molar-refractivity contribution in [3.05, 3.63) is 11.6 Å². The predicted octanol–water partition coefficient (Wildman–Crippen LogP) is 6.50. The van der Waals surface area contributed by atoms with E-state index in [1.165, 1.54) is 69.8 Å². The molecule has 0 rings (SSSR count). The first kappa shape index (κ1) is 20.2. The van der Waals surface area contributed by atoms with Gasteiger partial charge in [0, 0.05) is 6.42 Å². The first-order valence-electron chi connectivity index (χ1n) is 9.04. The highest BCUT2D eigenvalue weighted by Crippen LogP contribution is 2.14. The van der Waals surface area contributed by atoms with Gasteiger partial charge in [0.15, 0.2) is 0 Å². The fourth-order valence-corrected chi connectivity index (χ4v) is 2.59. The van der Waals surface area contributed by atoms with Crippen molar-refractivity contribution in [1.29, 1.82) is 0 Å². The molecule has 0 aromatic heterocycles.